The second-order valence-corrected chi connectivity index (χ2v) is 9.74. The number of aromatic nitrogens is 1. The lowest BCUT2D eigenvalue weighted by atomic mass is 9.89. The predicted octanol–water partition coefficient (Wildman–Crippen LogP) is 3.80. The summed E-state index contributed by atoms with van der Waals surface area (Å²) in [6.45, 7) is 11.8. The number of ketones is 1. The Kier molecular flexibility index (Phi) is 15.1. The number of aromatic amines is 1. The van der Waals surface area contributed by atoms with Crippen LogP contribution < -0.4 is 22.8 Å². The van der Waals surface area contributed by atoms with Crippen LogP contribution in [0.4, 0.5) is 5.69 Å². The molecule has 0 spiro atoms. The number of H-pyrrole nitrogens is 1. The maximum Gasteiger partial charge on any atom is 0.419 e. The minimum atomic E-state index is -0.716. The number of aliphatic hydroxyl groups is 2. The molecule has 9 nitrogen and oxygen atoms in total. The second kappa shape index (κ2) is 16.5. The van der Waals surface area contributed by atoms with Crippen LogP contribution in [0.2, 0.25) is 0 Å². The molecule has 3 aromatic rings. The number of benzene rings is 2. The molecule has 0 saturated carbocycles. The molecule has 0 amide bonds. The second-order valence-electron chi connectivity index (χ2n) is 9.74. The van der Waals surface area contributed by atoms with Gasteiger partial charge in [-0.25, -0.2) is 9.59 Å². The fourth-order valence-corrected chi connectivity index (χ4v) is 3.26. The fourth-order valence-electron chi connectivity index (χ4n) is 3.26. The Labute approximate surface area is 224 Å². The first-order valence-corrected chi connectivity index (χ1v) is 12.3. The highest BCUT2D eigenvalue weighted by molar-refractivity contribution is 6.01. The smallest absolute Gasteiger partial charge is 0.398 e. The minimum absolute atomic E-state index is 0. The molecular weight excluding hydrogens is 486 g/mol. The van der Waals surface area contributed by atoms with Crippen LogP contribution in [0.5, 0.6) is 0 Å². The number of para-hydroxylation sites is 2. The van der Waals surface area contributed by atoms with Crippen molar-refractivity contribution in [1.29, 1.82) is 0 Å². The van der Waals surface area contributed by atoms with Gasteiger partial charge in [-0.3, -0.25) is 9.78 Å². The van der Waals surface area contributed by atoms with Crippen LogP contribution in [0.25, 0.3) is 10.9 Å². The zero-order valence-electron chi connectivity index (χ0n) is 22.6. The number of hydrogen-bond acceptors (Lipinski definition) is 8. The average Bonchev–Trinajstić information content (AvgIpc) is 2.84. The summed E-state index contributed by atoms with van der Waals surface area (Å²) in [5.74, 6) is -0.0202. The number of carbonyl (C=O) groups is 1. The highest BCUT2D eigenvalue weighted by Gasteiger charge is 2.19. The van der Waals surface area contributed by atoms with Crippen molar-refractivity contribution < 1.29 is 19.4 Å². The van der Waals surface area contributed by atoms with Gasteiger partial charge in [0.1, 0.15) is 0 Å². The first-order valence-electron chi connectivity index (χ1n) is 12.3. The zero-order valence-corrected chi connectivity index (χ0v) is 22.6. The molecule has 0 saturated heterocycles. The Morgan fingerprint density at radius 2 is 1.53 bits per heavy atom. The molecule has 0 fully saturated rings. The van der Waals surface area contributed by atoms with Crippen molar-refractivity contribution in [3.8, 4) is 0 Å². The van der Waals surface area contributed by atoms with E-state index in [1.54, 1.807) is 18.2 Å². The molecule has 38 heavy (non-hydrogen) atoms. The van der Waals surface area contributed by atoms with Crippen LogP contribution >= 0.6 is 0 Å². The van der Waals surface area contributed by atoms with Gasteiger partial charge in [0, 0.05) is 30.3 Å². The van der Waals surface area contributed by atoms with Crippen molar-refractivity contribution in [2.45, 2.75) is 61.4 Å². The van der Waals surface area contributed by atoms with Crippen molar-refractivity contribution in [3.63, 3.8) is 0 Å². The fraction of sp³-hybridized carbons (Fsp3) is 0.483. The summed E-state index contributed by atoms with van der Waals surface area (Å²) < 4.78 is 4.38. The molecule has 3 rings (SSSR count). The summed E-state index contributed by atoms with van der Waals surface area (Å²) in [5.41, 5.74) is 14.1. The lowest BCUT2D eigenvalue weighted by Crippen LogP contribution is -2.29. The van der Waals surface area contributed by atoms with Gasteiger partial charge in [0.15, 0.2) is 5.78 Å². The van der Waals surface area contributed by atoms with E-state index in [1.165, 1.54) is 0 Å². The Morgan fingerprint density at radius 3 is 2.03 bits per heavy atom. The van der Waals surface area contributed by atoms with E-state index in [0.717, 1.165) is 11.1 Å². The molecule has 2 atom stereocenters. The molecule has 7 N–H and O–H groups in total. The van der Waals surface area contributed by atoms with Crippen molar-refractivity contribution in [2.24, 2.45) is 23.5 Å². The van der Waals surface area contributed by atoms with Gasteiger partial charge in [0.05, 0.1) is 17.5 Å². The summed E-state index contributed by atoms with van der Waals surface area (Å²) in [5, 5.41) is 18.0. The molecule has 0 aliphatic heterocycles. The SMILES string of the molecule is C.CC(C)C(N)CO.Cc1cccc(C(=O)CC(CO)C(C)C)c1N.Cc1cccc2c(=O)oc(=O)[nH]c12. The van der Waals surface area contributed by atoms with Crippen LogP contribution in [0.3, 0.4) is 0 Å². The largest absolute Gasteiger partial charge is 0.419 e. The molecule has 2 unspecified atom stereocenters. The average molecular weight is 532 g/mol. The summed E-state index contributed by atoms with van der Waals surface area (Å²) in [4.78, 5) is 36.6. The van der Waals surface area contributed by atoms with Gasteiger partial charge < -0.3 is 26.1 Å². The third-order valence-electron chi connectivity index (χ3n) is 6.22. The highest BCUT2D eigenvalue weighted by Crippen LogP contribution is 2.22. The quantitative estimate of drug-likeness (QED) is 0.226. The van der Waals surface area contributed by atoms with Gasteiger partial charge in [-0.1, -0.05) is 59.4 Å². The molecule has 9 heteroatoms. The minimum Gasteiger partial charge on any atom is -0.398 e. The van der Waals surface area contributed by atoms with Gasteiger partial charge in [-0.05, 0) is 54.9 Å². The molecule has 0 radical (unpaired) electrons. The third kappa shape index (κ3) is 10.2. The van der Waals surface area contributed by atoms with Gasteiger partial charge in [-0.2, -0.15) is 0 Å². The number of carbonyl (C=O) groups excluding carboxylic acids is 1. The molecule has 0 aliphatic carbocycles. The number of Topliss-reactive ketones (excluding diaryl/α,β-unsaturated/α-hetero) is 1. The molecule has 1 heterocycles. The number of aryl methyl sites for hydroxylation is 2. The molecule has 212 valence electrons. The highest BCUT2D eigenvalue weighted by atomic mass is 16.4. The van der Waals surface area contributed by atoms with Crippen LogP contribution in [0, 0.1) is 31.6 Å². The van der Waals surface area contributed by atoms with Gasteiger partial charge in [0.25, 0.3) is 0 Å². The summed E-state index contributed by atoms with van der Waals surface area (Å²) in [6.07, 6.45) is 0.349. The van der Waals surface area contributed by atoms with E-state index >= 15 is 0 Å². The first-order chi connectivity index (χ1) is 17.3. The normalized spacial score (nSPS) is 12.1. The third-order valence-corrected chi connectivity index (χ3v) is 6.22. The maximum absolute atomic E-state index is 12.1. The van der Waals surface area contributed by atoms with E-state index in [2.05, 4.69) is 9.40 Å². The Hall–Kier alpha value is -3.27. The summed E-state index contributed by atoms with van der Waals surface area (Å²) in [7, 11) is 0. The van der Waals surface area contributed by atoms with Crippen molar-refractivity contribution >= 4 is 22.4 Å². The molecule has 2 aromatic carbocycles. The number of rotatable bonds is 7. The van der Waals surface area contributed by atoms with E-state index in [9.17, 15) is 19.5 Å². The Morgan fingerprint density at radius 1 is 0.947 bits per heavy atom. The first kappa shape index (κ1) is 34.7. The number of nitrogens with one attached hydrogen (secondary N) is 1. The van der Waals surface area contributed by atoms with E-state index in [1.807, 2.05) is 59.7 Å². The zero-order chi connectivity index (χ0) is 28.3. The summed E-state index contributed by atoms with van der Waals surface area (Å²) >= 11 is 0. The summed E-state index contributed by atoms with van der Waals surface area (Å²) in [6, 6.07) is 10.6. The molecular formula is C29H45N3O6. The van der Waals surface area contributed by atoms with Crippen molar-refractivity contribution in [1.82, 2.24) is 4.98 Å². The van der Waals surface area contributed by atoms with E-state index in [-0.39, 0.29) is 44.3 Å². The van der Waals surface area contributed by atoms with Crippen LogP contribution in [0.1, 0.15) is 63.0 Å². The number of anilines is 1. The van der Waals surface area contributed by atoms with Crippen molar-refractivity contribution in [3.05, 3.63) is 74.1 Å². The van der Waals surface area contributed by atoms with Gasteiger partial charge >= 0.3 is 11.4 Å². The van der Waals surface area contributed by atoms with Crippen LogP contribution in [-0.2, 0) is 0 Å². The standard InChI is InChI=1S/C14H21NO2.C9H7NO3.C5H13NO.CH4/c1-9(2)11(8-16)7-13(17)12-6-4-5-10(3)14(12)15;1-5-3-2-4-6-7(5)10-9(12)13-8(6)11;1-4(2)5(6)3-7;/h4-6,9,11,16H,7-8,15H2,1-3H3;2-4H,1H3,(H,10,12);4-5,7H,3,6H2,1-2H3;1H4. The number of fused-ring (bicyclic) bond motifs is 1. The number of nitrogens with two attached hydrogens (primary N) is 2. The molecule has 1 aromatic heterocycles. The lowest BCUT2D eigenvalue weighted by molar-refractivity contribution is 0.0908. The van der Waals surface area contributed by atoms with Gasteiger partial charge in [0.2, 0.25) is 0 Å². The van der Waals surface area contributed by atoms with Crippen LogP contribution in [0.15, 0.2) is 50.4 Å². The number of hydrogen-bond donors (Lipinski definition) is 5. The number of aliphatic hydroxyl groups excluding tert-OH is 2. The molecule has 0 aliphatic rings. The van der Waals surface area contributed by atoms with E-state index in [4.69, 9.17) is 16.6 Å². The maximum atomic E-state index is 12.1. The van der Waals surface area contributed by atoms with Gasteiger partial charge in [-0.15, -0.1) is 0 Å². The predicted molar refractivity (Wildman–Crippen MR) is 154 cm³/mol. The lowest BCUT2D eigenvalue weighted by Gasteiger charge is -2.17. The van der Waals surface area contributed by atoms with Crippen LogP contribution in [-0.4, -0.2) is 40.2 Å². The Bertz CT molecular complexity index is 1260. The number of nitrogen functional groups attached to an aromatic ring is 1. The Balaban J connectivity index is 0.000000578. The van der Waals surface area contributed by atoms with E-state index < -0.39 is 11.4 Å². The van der Waals surface area contributed by atoms with Crippen molar-refractivity contribution in [2.75, 3.05) is 18.9 Å². The van der Waals surface area contributed by atoms with E-state index in [0.29, 0.717) is 34.5 Å². The topological polar surface area (TPSA) is 173 Å². The monoisotopic (exact) mass is 531 g/mol. The molecule has 0 bridgehead atoms.